The Labute approximate surface area is 205 Å². The van der Waals surface area contributed by atoms with Crippen LogP contribution in [0, 0.1) is 25.2 Å². The summed E-state index contributed by atoms with van der Waals surface area (Å²) < 4.78 is 8.07. The first-order chi connectivity index (χ1) is 16.6. The van der Waals surface area contributed by atoms with Crippen LogP contribution in [0.4, 0.5) is 5.69 Å². The van der Waals surface area contributed by atoms with Gasteiger partial charge in [0.15, 0.2) is 5.16 Å². The monoisotopic (exact) mass is 474 g/mol. The lowest BCUT2D eigenvalue weighted by molar-refractivity contribution is -0.116. The van der Waals surface area contributed by atoms with Crippen LogP contribution in [0.1, 0.15) is 30.4 Å². The molecule has 7 heteroatoms. The Bertz CT molecular complexity index is 1160. The Hall–Kier alpha value is -3.08. The van der Waals surface area contributed by atoms with E-state index in [4.69, 9.17) is 10.00 Å². The number of benzene rings is 2. The Morgan fingerprint density at radius 3 is 2.76 bits per heavy atom. The van der Waals surface area contributed by atoms with Gasteiger partial charge in [0, 0.05) is 18.8 Å². The largest absolute Gasteiger partial charge is 0.376 e. The highest BCUT2D eigenvalue weighted by molar-refractivity contribution is 7.99. The number of hydrogen-bond donors (Lipinski definition) is 0. The minimum absolute atomic E-state index is 0.0311. The molecule has 0 saturated carbocycles. The van der Waals surface area contributed by atoms with Crippen molar-refractivity contribution in [2.24, 2.45) is 0 Å². The summed E-state index contributed by atoms with van der Waals surface area (Å²) in [5, 5.41) is 9.92. The van der Waals surface area contributed by atoms with Crippen molar-refractivity contribution in [3.63, 3.8) is 0 Å². The first kappa shape index (κ1) is 24.1. The van der Waals surface area contributed by atoms with Crippen LogP contribution in [0.25, 0.3) is 11.3 Å². The Morgan fingerprint density at radius 2 is 2.06 bits per heavy atom. The van der Waals surface area contributed by atoms with E-state index in [1.54, 1.807) is 4.90 Å². The molecule has 0 bridgehead atoms. The van der Waals surface area contributed by atoms with Crippen molar-refractivity contribution in [3.8, 4) is 17.3 Å². The molecule has 1 aliphatic heterocycles. The van der Waals surface area contributed by atoms with Gasteiger partial charge in [-0.05, 0) is 55.5 Å². The van der Waals surface area contributed by atoms with Crippen LogP contribution in [-0.4, -0.2) is 40.5 Å². The first-order valence-corrected chi connectivity index (χ1v) is 12.7. The molecule has 2 aromatic carbocycles. The fourth-order valence-corrected chi connectivity index (χ4v) is 5.00. The number of nitriles is 1. The predicted molar refractivity (Wildman–Crippen MR) is 136 cm³/mol. The lowest BCUT2D eigenvalue weighted by Gasteiger charge is -2.23. The Morgan fingerprint density at radius 1 is 1.24 bits per heavy atom. The van der Waals surface area contributed by atoms with Crippen molar-refractivity contribution in [2.75, 3.05) is 23.8 Å². The van der Waals surface area contributed by atoms with Gasteiger partial charge in [0.1, 0.15) is 0 Å². The van der Waals surface area contributed by atoms with Crippen molar-refractivity contribution in [1.82, 2.24) is 9.55 Å². The van der Waals surface area contributed by atoms with E-state index < -0.39 is 0 Å². The topological polar surface area (TPSA) is 71.2 Å². The first-order valence-electron chi connectivity index (χ1n) is 11.7. The lowest BCUT2D eigenvalue weighted by Crippen LogP contribution is -2.33. The third-order valence-electron chi connectivity index (χ3n) is 6.17. The lowest BCUT2D eigenvalue weighted by atomic mass is 10.1. The number of imidazole rings is 1. The number of hydrogen-bond acceptors (Lipinski definition) is 5. The number of nitrogens with zero attached hydrogens (tertiary/aromatic N) is 4. The van der Waals surface area contributed by atoms with Crippen LogP contribution in [0.15, 0.2) is 59.9 Å². The van der Waals surface area contributed by atoms with E-state index in [2.05, 4.69) is 34.7 Å². The van der Waals surface area contributed by atoms with Crippen LogP contribution in [0.3, 0.4) is 0 Å². The average Bonchev–Trinajstić information content (AvgIpc) is 3.51. The van der Waals surface area contributed by atoms with E-state index in [0.29, 0.717) is 6.54 Å². The second-order valence-corrected chi connectivity index (χ2v) is 9.49. The highest BCUT2D eigenvalue weighted by Crippen LogP contribution is 2.29. The maximum absolute atomic E-state index is 13.3. The average molecular weight is 475 g/mol. The summed E-state index contributed by atoms with van der Waals surface area (Å²) in [4.78, 5) is 19.7. The van der Waals surface area contributed by atoms with E-state index in [0.717, 1.165) is 53.7 Å². The molecule has 1 unspecified atom stereocenters. The summed E-state index contributed by atoms with van der Waals surface area (Å²) >= 11 is 1.44. The van der Waals surface area contributed by atoms with Gasteiger partial charge in [-0.15, -0.1) is 0 Å². The number of carbonyl (C=O) groups excluding carboxylic acids is 1. The number of carbonyl (C=O) groups is 1. The van der Waals surface area contributed by atoms with Crippen LogP contribution in [0.2, 0.25) is 0 Å². The summed E-state index contributed by atoms with van der Waals surface area (Å²) in [5.41, 5.74) is 5.25. The van der Waals surface area contributed by atoms with Crippen LogP contribution in [-0.2, 0) is 16.1 Å². The third kappa shape index (κ3) is 5.69. The normalized spacial score (nSPS) is 15.3. The second kappa shape index (κ2) is 11.4. The third-order valence-corrected chi connectivity index (χ3v) is 7.15. The summed E-state index contributed by atoms with van der Waals surface area (Å²) in [6.07, 6.45) is 4.44. The quantitative estimate of drug-likeness (QED) is 0.389. The highest BCUT2D eigenvalue weighted by atomic mass is 32.2. The number of rotatable bonds is 9. The number of aromatic nitrogens is 2. The highest BCUT2D eigenvalue weighted by Gasteiger charge is 2.22. The molecule has 6 nitrogen and oxygen atoms in total. The zero-order valence-electron chi connectivity index (χ0n) is 19.7. The molecule has 2 heterocycles. The minimum atomic E-state index is -0.0311. The van der Waals surface area contributed by atoms with Gasteiger partial charge in [-0.3, -0.25) is 4.79 Å². The van der Waals surface area contributed by atoms with Gasteiger partial charge in [-0.25, -0.2) is 4.98 Å². The molecular weight excluding hydrogens is 444 g/mol. The summed E-state index contributed by atoms with van der Waals surface area (Å²) in [7, 11) is 0. The number of aryl methyl sites for hydroxylation is 2. The van der Waals surface area contributed by atoms with Crippen LogP contribution < -0.4 is 4.90 Å². The van der Waals surface area contributed by atoms with E-state index in [-0.39, 0.29) is 24.2 Å². The van der Waals surface area contributed by atoms with Gasteiger partial charge in [-0.1, -0.05) is 48.2 Å². The van der Waals surface area contributed by atoms with Crippen molar-refractivity contribution in [2.45, 2.75) is 50.9 Å². The predicted octanol–water partition coefficient (Wildman–Crippen LogP) is 5.38. The van der Waals surface area contributed by atoms with Gasteiger partial charge in [0.05, 0.1) is 42.8 Å². The number of anilines is 1. The number of amides is 1. The molecule has 1 atom stereocenters. The van der Waals surface area contributed by atoms with Crippen molar-refractivity contribution in [3.05, 3.63) is 65.9 Å². The fraction of sp³-hybridized carbons (Fsp3) is 0.370. The maximum Gasteiger partial charge on any atom is 0.237 e. The number of thioether (sulfide) groups is 1. The molecule has 0 radical (unpaired) electrons. The molecule has 1 aliphatic rings. The Balaban J connectivity index is 1.55. The van der Waals surface area contributed by atoms with E-state index in [1.807, 2.05) is 49.5 Å². The number of ether oxygens (including phenoxy) is 1. The van der Waals surface area contributed by atoms with Gasteiger partial charge in [-0.2, -0.15) is 5.26 Å². The zero-order valence-corrected chi connectivity index (χ0v) is 20.6. The molecule has 3 aromatic rings. The summed E-state index contributed by atoms with van der Waals surface area (Å²) in [6, 6.07) is 18.3. The van der Waals surface area contributed by atoms with Gasteiger partial charge < -0.3 is 14.2 Å². The van der Waals surface area contributed by atoms with Gasteiger partial charge in [0.25, 0.3) is 0 Å². The molecule has 0 N–H and O–H groups in total. The standard InChI is InChI=1S/C27H30N4O2S/c1-20-11-12-23(16-21(20)2)30(14-7-13-28)26(32)19-34-27-29-17-25(22-8-4-3-5-9-22)31(27)18-24-10-6-15-33-24/h3-5,8-9,11-12,16-17,24H,6-7,10,14-15,18-19H2,1-2H3. The van der Waals surface area contributed by atoms with E-state index in [1.165, 1.54) is 17.3 Å². The van der Waals surface area contributed by atoms with Crippen LogP contribution in [0.5, 0.6) is 0 Å². The van der Waals surface area contributed by atoms with Gasteiger partial charge >= 0.3 is 0 Å². The summed E-state index contributed by atoms with van der Waals surface area (Å²) in [5.74, 6) is 0.214. The molecule has 34 heavy (non-hydrogen) atoms. The van der Waals surface area contributed by atoms with E-state index in [9.17, 15) is 4.79 Å². The molecule has 0 spiro atoms. The Kier molecular flexibility index (Phi) is 8.04. The molecule has 176 valence electrons. The molecule has 0 aliphatic carbocycles. The fourth-order valence-electron chi connectivity index (χ4n) is 4.14. The SMILES string of the molecule is Cc1ccc(N(CCC#N)C(=O)CSc2ncc(-c3ccccc3)n2CC2CCCO2)cc1C. The van der Waals surface area contributed by atoms with E-state index >= 15 is 0 Å². The minimum Gasteiger partial charge on any atom is -0.376 e. The smallest absolute Gasteiger partial charge is 0.237 e. The van der Waals surface area contributed by atoms with Crippen molar-refractivity contribution >= 4 is 23.4 Å². The maximum atomic E-state index is 13.3. The van der Waals surface area contributed by atoms with Crippen molar-refractivity contribution < 1.29 is 9.53 Å². The molecular formula is C27H30N4O2S. The van der Waals surface area contributed by atoms with Crippen molar-refractivity contribution in [1.29, 1.82) is 5.26 Å². The summed E-state index contributed by atoms with van der Waals surface area (Å²) in [6.45, 7) is 5.97. The molecule has 1 saturated heterocycles. The molecule has 1 amide bonds. The molecule has 4 rings (SSSR count). The molecule has 1 fully saturated rings. The second-order valence-electron chi connectivity index (χ2n) is 8.55. The van der Waals surface area contributed by atoms with Crippen LogP contribution >= 0.6 is 11.8 Å². The van der Waals surface area contributed by atoms with Gasteiger partial charge in [0.2, 0.25) is 5.91 Å². The molecule has 1 aromatic heterocycles. The zero-order chi connectivity index (χ0) is 23.9.